The normalized spacial score (nSPS) is 23.3. The first-order valence-corrected chi connectivity index (χ1v) is 7.91. The molecule has 1 aromatic carbocycles. The number of rotatable bonds is 4. The molecule has 1 aliphatic rings. The van der Waals surface area contributed by atoms with Crippen molar-refractivity contribution in [1.29, 1.82) is 0 Å². The van der Waals surface area contributed by atoms with Crippen LogP contribution in [0.4, 0.5) is 5.69 Å². The number of benzene rings is 1. The lowest BCUT2D eigenvalue weighted by molar-refractivity contribution is 0.373. The molecule has 1 aromatic rings. The van der Waals surface area contributed by atoms with Crippen molar-refractivity contribution in [3.05, 3.63) is 18.2 Å². The Morgan fingerprint density at radius 1 is 1.19 bits per heavy atom. The third-order valence-electron chi connectivity index (χ3n) is 4.32. The van der Waals surface area contributed by atoms with E-state index in [1.54, 1.807) is 14.2 Å². The highest BCUT2D eigenvalue weighted by Gasteiger charge is 2.20. The highest BCUT2D eigenvalue weighted by atomic mass is 16.5. The molecule has 1 N–H and O–H groups in total. The van der Waals surface area contributed by atoms with E-state index in [-0.39, 0.29) is 0 Å². The SMILES string of the molecule is CCC1CCN(c2cc(OC)ccc2OC)CCC(C)N1. The van der Waals surface area contributed by atoms with Gasteiger partial charge < -0.3 is 19.7 Å². The number of nitrogens with zero attached hydrogens (tertiary/aromatic N) is 1. The summed E-state index contributed by atoms with van der Waals surface area (Å²) in [5.74, 6) is 1.80. The molecule has 0 aromatic heterocycles. The monoisotopic (exact) mass is 292 g/mol. The molecule has 0 saturated carbocycles. The Balaban J connectivity index is 2.22. The molecule has 2 rings (SSSR count). The largest absolute Gasteiger partial charge is 0.497 e. The van der Waals surface area contributed by atoms with E-state index in [0.29, 0.717) is 12.1 Å². The highest BCUT2D eigenvalue weighted by molar-refractivity contribution is 5.61. The van der Waals surface area contributed by atoms with E-state index in [9.17, 15) is 0 Å². The van der Waals surface area contributed by atoms with Crippen LogP contribution < -0.4 is 19.7 Å². The zero-order chi connectivity index (χ0) is 15.2. The van der Waals surface area contributed by atoms with Crippen LogP contribution in [0.5, 0.6) is 11.5 Å². The topological polar surface area (TPSA) is 33.7 Å². The van der Waals surface area contributed by atoms with Gasteiger partial charge in [-0.25, -0.2) is 0 Å². The summed E-state index contributed by atoms with van der Waals surface area (Å²) in [5, 5.41) is 3.71. The van der Waals surface area contributed by atoms with E-state index in [4.69, 9.17) is 9.47 Å². The van der Waals surface area contributed by atoms with Gasteiger partial charge in [0.15, 0.2) is 0 Å². The fraction of sp³-hybridized carbons (Fsp3) is 0.647. The lowest BCUT2D eigenvalue weighted by Crippen LogP contribution is -2.44. The van der Waals surface area contributed by atoms with Crippen LogP contribution >= 0.6 is 0 Å². The lowest BCUT2D eigenvalue weighted by atomic mass is 10.0. The van der Waals surface area contributed by atoms with E-state index >= 15 is 0 Å². The van der Waals surface area contributed by atoms with Gasteiger partial charge in [0.25, 0.3) is 0 Å². The summed E-state index contributed by atoms with van der Waals surface area (Å²) >= 11 is 0. The van der Waals surface area contributed by atoms with Crippen molar-refractivity contribution in [3.8, 4) is 11.5 Å². The van der Waals surface area contributed by atoms with E-state index in [0.717, 1.165) is 43.1 Å². The van der Waals surface area contributed by atoms with Crippen LogP contribution in [-0.2, 0) is 0 Å². The smallest absolute Gasteiger partial charge is 0.142 e. The Kier molecular flexibility index (Phi) is 5.74. The molecule has 0 aliphatic carbocycles. The molecule has 1 heterocycles. The molecule has 2 unspecified atom stereocenters. The van der Waals surface area contributed by atoms with Crippen molar-refractivity contribution in [2.24, 2.45) is 0 Å². The summed E-state index contributed by atoms with van der Waals surface area (Å²) in [4.78, 5) is 2.43. The maximum Gasteiger partial charge on any atom is 0.142 e. The van der Waals surface area contributed by atoms with Crippen LogP contribution in [-0.4, -0.2) is 39.4 Å². The average molecular weight is 292 g/mol. The van der Waals surface area contributed by atoms with Crippen molar-refractivity contribution in [2.45, 2.75) is 45.2 Å². The molecule has 4 nitrogen and oxygen atoms in total. The van der Waals surface area contributed by atoms with Gasteiger partial charge in [-0.15, -0.1) is 0 Å². The first-order valence-electron chi connectivity index (χ1n) is 7.91. The van der Waals surface area contributed by atoms with Crippen molar-refractivity contribution >= 4 is 5.69 Å². The molecule has 4 heteroatoms. The van der Waals surface area contributed by atoms with Crippen LogP contribution in [0.15, 0.2) is 18.2 Å². The zero-order valence-electron chi connectivity index (χ0n) is 13.7. The van der Waals surface area contributed by atoms with Gasteiger partial charge in [-0.2, -0.15) is 0 Å². The fourth-order valence-corrected chi connectivity index (χ4v) is 2.95. The van der Waals surface area contributed by atoms with Crippen LogP contribution in [0.3, 0.4) is 0 Å². The third kappa shape index (κ3) is 4.03. The Bertz CT molecular complexity index is 450. The summed E-state index contributed by atoms with van der Waals surface area (Å²) in [6.07, 6.45) is 3.46. The quantitative estimate of drug-likeness (QED) is 0.925. The molecule has 1 fully saturated rings. The summed E-state index contributed by atoms with van der Waals surface area (Å²) in [5.41, 5.74) is 1.14. The number of anilines is 1. The zero-order valence-corrected chi connectivity index (χ0v) is 13.7. The number of ether oxygens (including phenoxy) is 2. The summed E-state index contributed by atoms with van der Waals surface area (Å²) in [6.45, 7) is 6.60. The van der Waals surface area contributed by atoms with Crippen molar-refractivity contribution in [2.75, 3.05) is 32.2 Å². The number of hydrogen-bond acceptors (Lipinski definition) is 4. The Hall–Kier alpha value is -1.42. The van der Waals surface area contributed by atoms with Crippen molar-refractivity contribution in [3.63, 3.8) is 0 Å². The van der Waals surface area contributed by atoms with Crippen molar-refractivity contribution < 1.29 is 9.47 Å². The molecule has 0 bridgehead atoms. The lowest BCUT2D eigenvalue weighted by Gasteiger charge is -2.34. The van der Waals surface area contributed by atoms with Crippen LogP contribution in [0.1, 0.15) is 33.1 Å². The van der Waals surface area contributed by atoms with Gasteiger partial charge in [-0.3, -0.25) is 0 Å². The summed E-state index contributed by atoms with van der Waals surface area (Å²) < 4.78 is 10.9. The van der Waals surface area contributed by atoms with Gasteiger partial charge >= 0.3 is 0 Å². The van der Waals surface area contributed by atoms with Crippen LogP contribution in [0, 0.1) is 0 Å². The van der Waals surface area contributed by atoms with Crippen LogP contribution in [0.25, 0.3) is 0 Å². The molecule has 0 radical (unpaired) electrons. The molecule has 21 heavy (non-hydrogen) atoms. The molecule has 118 valence electrons. The summed E-state index contributed by atoms with van der Waals surface area (Å²) in [6, 6.07) is 7.17. The molecule has 0 amide bonds. The molecule has 1 saturated heterocycles. The Labute approximate surface area is 128 Å². The predicted molar refractivity (Wildman–Crippen MR) is 87.7 cm³/mol. The highest BCUT2D eigenvalue weighted by Crippen LogP contribution is 2.33. The number of hydrogen-bond donors (Lipinski definition) is 1. The Morgan fingerprint density at radius 3 is 2.62 bits per heavy atom. The Morgan fingerprint density at radius 2 is 1.95 bits per heavy atom. The molecule has 2 atom stereocenters. The molecule has 0 spiro atoms. The fourth-order valence-electron chi connectivity index (χ4n) is 2.95. The van der Waals surface area contributed by atoms with Gasteiger partial charge in [0.05, 0.1) is 19.9 Å². The van der Waals surface area contributed by atoms with Crippen molar-refractivity contribution in [1.82, 2.24) is 5.32 Å². The van der Waals surface area contributed by atoms with Gasteiger partial charge in [-0.05, 0) is 38.3 Å². The first kappa shape index (κ1) is 16.0. The standard InChI is InChI=1S/C17H28N2O2/c1-5-14-9-11-19(10-8-13(2)18-14)16-12-15(20-3)6-7-17(16)21-4/h6-7,12-14,18H,5,8-11H2,1-4H3. The third-order valence-corrected chi connectivity index (χ3v) is 4.32. The number of nitrogens with one attached hydrogen (secondary N) is 1. The minimum absolute atomic E-state index is 0.550. The van der Waals surface area contributed by atoms with Crippen LogP contribution in [0.2, 0.25) is 0 Å². The number of methoxy groups -OCH3 is 2. The van der Waals surface area contributed by atoms with Gasteiger partial charge in [0, 0.05) is 31.2 Å². The maximum absolute atomic E-state index is 5.54. The minimum Gasteiger partial charge on any atom is -0.497 e. The second kappa shape index (κ2) is 7.55. The average Bonchev–Trinajstić information content (AvgIpc) is 2.50. The van der Waals surface area contributed by atoms with E-state index < -0.39 is 0 Å². The minimum atomic E-state index is 0.550. The summed E-state index contributed by atoms with van der Waals surface area (Å²) in [7, 11) is 3.44. The second-order valence-corrected chi connectivity index (χ2v) is 5.78. The van der Waals surface area contributed by atoms with E-state index in [2.05, 4.69) is 30.1 Å². The molecule has 1 aliphatic heterocycles. The molecular formula is C17H28N2O2. The maximum atomic E-state index is 5.54. The van der Waals surface area contributed by atoms with Gasteiger partial charge in [0.2, 0.25) is 0 Å². The van der Waals surface area contributed by atoms with E-state index in [1.165, 1.54) is 6.42 Å². The predicted octanol–water partition coefficient (Wildman–Crippen LogP) is 3.06. The first-order chi connectivity index (χ1) is 10.2. The van der Waals surface area contributed by atoms with Gasteiger partial charge in [-0.1, -0.05) is 6.92 Å². The molecular weight excluding hydrogens is 264 g/mol. The van der Waals surface area contributed by atoms with E-state index in [1.807, 2.05) is 12.1 Å². The van der Waals surface area contributed by atoms with Gasteiger partial charge in [0.1, 0.15) is 11.5 Å². The second-order valence-electron chi connectivity index (χ2n) is 5.78.